The summed E-state index contributed by atoms with van der Waals surface area (Å²) >= 11 is 0. The predicted octanol–water partition coefficient (Wildman–Crippen LogP) is 3.62. The third kappa shape index (κ3) is 2.30. The van der Waals surface area contributed by atoms with Crippen LogP contribution in [0.3, 0.4) is 0 Å². The van der Waals surface area contributed by atoms with Crippen molar-refractivity contribution in [1.29, 1.82) is 0 Å². The van der Waals surface area contributed by atoms with Crippen LogP contribution in [0.25, 0.3) is 10.9 Å². The highest BCUT2D eigenvalue weighted by Crippen LogP contribution is 2.32. The molecule has 114 valence electrons. The number of hydrogen-bond donors (Lipinski definition) is 1. The average Bonchev–Trinajstić information content (AvgIpc) is 2.94. The van der Waals surface area contributed by atoms with Crippen molar-refractivity contribution in [3.05, 3.63) is 60.3 Å². The van der Waals surface area contributed by atoms with Crippen molar-refractivity contribution in [2.75, 3.05) is 14.2 Å². The van der Waals surface area contributed by atoms with Crippen LogP contribution >= 0.6 is 0 Å². The minimum absolute atomic E-state index is 0.212. The fraction of sp³-hybridized carbons (Fsp3) is 0.278. The molecule has 1 aliphatic heterocycles. The predicted molar refractivity (Wildman–Crippen MR) is 90.0 cm³/mol. The molecule has 0 amide bonds. The Kier molecular flexibility index (Phi) is 3.75. The van der Waals surface area contributed by atoms with Gasteiger partial charge in [0.1, 0.15) is 0 Å². The second-order valence-electron chi connectivity index (χ2n) is 5.59. The van der Waals surface area contributed by atoms with Gasteiger partial charge in [0.25, 0.3) is 0 Å². The number of likely N-dealkylation sites (N-methyl/N-ethyl adjacent to an activating group) is 1. The molecule has 1 aromatic carbocycles. The van der Waals surface area contributed by atoms with E-state index >= 15 is 0 Å². The number of aromatic amines is 1. The summed E-state index contributed by atoms with van der Waals surface area (Å²) in [4.78, 5) is 2.28. The molecule has 0 saturated heterocycles. The quantitative estimate of drug-likeness (QED) is 0.876. The largest absolute Gasteiger partial charge is 0.480 e. The first kappa shape index (κ1) is 14.4. The Morgan fingerprint density at radius 3 is 3.00 bits per heavy atom. The highest BCUT2D eigenvalue weighted by Gasteiger charge is 2.24. The Hall–Kier alpha value is -2.49. The summed E-state index contributed by atoms with van der Waals surface area (Å²) in [5, 5.41) is 8.20. The van der Waals surface area contributed by atoms with Gasteiger partial charge >= 0.3 is 0 Å². The van der Waals surface area contributed by atoms with Gasteiger partial charge in [-0.25, -0.2) is 0 Å². The van der Waals surface area contributed by atoms with E-state index in [0.717, 1.165) is 10.9 Å². The Morgan fingerprint density at radius 1 is 1.45 bits per heavy atom. The van der Waals surface area contributed by atoms with Gasteiger partial charge in [-0.1, -0.05) is 24.3 Å². The van der Waals surface area contributed by atoms with Crippen LogP contribution in [0.1, 0.15) is 18.4 Å². The molecule has 0 bridgehead atoms. The van der Waals surface area contributed by atoms with Crippen molar-refractivity contribution < 1.29 is 4.74 Å². The smallest absolute Gasteiger partial charge is 0.240 e. The van der Waals surface area contributed by atoms with Gasteiger partial charge in [0, 0.05) is 18.7 Å². The molecule has 0 radical (unpaired) electrons. The van der Waals surface area contributed by atoms with Crippen LogP contribution in [-0.4, -0.2) is 35.3 Å². The van der Waals surface area contributed by atoms with E-state index in [0.29, 0.717) is 5.88 Å². The number of allylic oxidation sites excluding steroid dienone is 3. The molecular weight excluding hydrogens is 274 g/mol. The monoisotopic (exact) mass is 295 g/mol. The second-order valence-corrected chi connectivity index (χ2v) is 5.59. The van der Waals surface area contributed by atoms with Crippen LogP contribution in [0.5, 0.6) is 5.88 Å². The summed E-state index contributed by atoms with van der Waals surface area (Å²) < 4.78 is 5.25. The summed E-state index contributed by atoms with van der Waals surface area (Å²) in [5.41, 5.74) is 3.45. The van der Waals surface area contributed by atoms with Crippen molar-refractivity contribution in [3.63, 3.8) is 0 Å². The van der Waals surface area contributed by atoms with Gasteiger partial charge in [0.05, 0.1) is 24.1 Å². The Balaban J connectivity index is 1.99. The fourth-order valence-electron chi connectivity index (χ4n) is 3.00. The van der Waals surface area contributed by atoms with Crippen LogP contribution in [0.4, 0.5) is 0 Å². The van der Waals surface area contributed by atoms with Crippen molar-refractivity contribution >= 4 is 10.9 Å². The topological polar surface area (TPSA) is 41.1 Å². The molecule has 1 N–H and O–H groups in total. The zero-order chi connectivity index (χ0) is 15.7. The third-order valence-corrected chi connectivity index (χ3v) is 4.40. The maximum absolute atomic E-state index is 5.25. The number of rotatable bonds is 4. The van der Waals surface area contributed by atoms with Crippen LogP contribution < -0.4 is 4.74 Å². The summed E-state index contributed by atoms with van der Waals surface area (Å²) in [6.45, 7) is 6.17. The van der Waals surface area contributed by atoms with E-state index in [1.165, 1.54) is 11.3 Å². The molecule has 0 aliphatic carbocycles. The number of fused-ring (bicyclic) bond motifs is 1. The minimum atomic E-state index is 0.212. The average molecular weight is 295 g/mol. The number of nitrogens with one attached hydrogen (secondary N) is 1. The number of hydrogen-bond acceptors (Lipinski definition) is 3. The van der Waals surface area contributed by atoms with Gasteiger partial charge in [0.15, 0.2) is 0 Å². The molecule has 2 atom stereocenters. The van der Waals surface area contributed by atoms with Crippen LogP contribution in [-0.2, 0) is 0 Å². The maximum Gasteiger partial charge on any atom is 0.240 e. The second kappa shape index (κ2) is 5.72. The first-order valence-corrected chi connectivity index (χ1v) is 7.38. The van der Waals surface area contributed by atoms with E-state index in [1.807, 2.05) is 6.08 Å². The zero-order valence-corrected chi connectivity index (χ0v) is 13.2. The van der Waals surface area contributed by atoms with E-state index < -0.39 is 0 Å². The van der Waals surface area contributed by atoms with Crippen molar-refractivity contribution in [2.45, 2.75) is 18.9 Å². The molecule has 4 heteroatoms. The molecule has 2 unspecified atom stereocenters. The lowest BCUT2D eigenvalue weighted by molar-refractivity contribution is 0.327. The SMILES string of the molecule is C=CC(c1ccc2c(OC)n[nH]c2c1)C1C=CC=C(C)N1C. The first-order valence-electron chi connectivity index (χ1n) is 7.38. The summed E-state index contributed by atoms with van der Waals surface area (Å²) in [6, 6.07) is 6.58. The molecule has 1 aliphatic rings. The molecule has 1 aromatic heterocycles. The van der Waals surface area contributed by atoms with Gasteiger partial charge in [0.2, 0.25) is 5.88 Å². The molecule has 4 nitrogen and oxygen atoms in total. The van der Waals surface area contributed by atoms with Gasteiger partial charge in [-0.15, -0.1) is 11.7 Å². The summed E-state index contributed by atoms with van der Waals surface area (Å²) in [6.07, 6.45) is 8.48. The van der Waals surface area contributed by atoms with Gasteiger partial charge in [-0.2, -0.15) is 0 Å². The lowest BCUT2D eigenvalue weighted by Crippen LogP contribution is -2.34. The van der Waals surface area contributed by atoms with Crippen molar-refractivity contribution in [2.24, 2.45) is 0 Å². The standard InChI is InChI=1S/C18H21N3O/c1-5-14(17-8-6-7-12(2)21(17)3)13-9-10-15-16(11-13)19-20-18(15)22-4/h5-11,14,17H,1H2,2-4H3,(H,19,20). The molecule has 0 fully saturated rings. The summed E-state index contributed by atoms with van der Waals surface area (Å²) in [7, 11) is 3.75. The number of H-pyrrole nitrogens is 1. The fourth-order valence-corrected chi connectivity index (χ4v) is 3.00. The van der Waals surface area contributed by atoms with E-state index in [4.69, 9.17) is 4.74 Å². The number of nitrogens with zero attached hydrogens (tertiary/aromatic N) is 2. The molecule has 0 saturated carbocycles. The first-order chi connectivity index (χ1) is 10.7. The van der Waals surface area contributed by atoms with Crippen molar-refractivity contribution in [1.82, 2.24) is 15.1 Å². The minimum Gasteiger partial charge on any atom is -0.480 e. The number of benzene rings is 1. The molecular formula is C18H21N3O. The number of aromatic nitrogens is 2. The van der Waals surface area contributed by atoms with Gasteiger partial charge < -0.3 is 9.64 Å². The Labute approximate surface area is 130 Å². The zero-order valence-electron chi connectivity index (χ0n) is 13.2. The normalized spacial score (nSPS) is 19.1. The van der Waals surface area contributed by atoms with Crippen LogP contribution in [0, 0.1) is 0 Å². The Morgan fingerprint density at radius 2 is 2.27 bits per heavy atom. The molecule has 3 rings (SSSR count). The number of methoxy groups -OCH3 is 1. The molecule has 2 aromatic rings. The lowest BCUT2D eigenvalue weighted by atomic mass is 9.88. The van der Waals surface area contributed by atoms with E-state index in [9.17, 15) is 0 Å². The molecule has 0 spiro atoms. The molecule has 22 heavy (non-hydrogen) atoms. The van der Waals surface area contributed by atoms with E-state index in [2.05, 4.69) is 72.1 Å². The summed E-state index contributed by atoms with van der Waals surface area (Å²) in [5.74, 6) is 0.841. The third-order valence-electron chi connectivity index (χ3n) is 4.40. The highest BCUT2D eigenvalue weighted by molar-refractivity contribution is 5.84. The molecule has 2 heterocycles. The van der Waals surface area contributed by atoms with Crippen molar-refractivity contribution in [3.8, 4) is 5.88 Å². The van der Waals surface area contributed by atoms with E-state index in [-0.39, 0.29) is 12.0 Å². The van der Waals surface area contributed by atoms with Gasteiger partial charge in [-0.3, -0.25) is 5.10 Å². The Bertz CT molecular complexity index is 757. The highest BCUT2D eigenvalue weighted by atomic mass is 16.5. The van der Waals surface area contributed by atoms with Gasteiger partial charge in [-0.05, 0) is 30.7 Å². The van der Waals surface area contributed by atoms with Crippen LogP contribution in [0.2, 0.25) is 0 Å². The number of ether oxygens (including phenoxy) is 1. The lowest BCUT2D eigenvalue weighted by Gasteiger charge is -2.35. The maximum atomic E-state index is 5.25. The van der Waals surface area contributed by atoms with Crippen LogP contribution in [0.15, 0.2) is 54.8 Å². The van der Waals surface area contributed by atoms with E-state index in [1.54, 1.807) is 7.11 Å².